The summed E-state index contributed by atoms with van der Waals surface area (Å²) >= 11 is 0. The minimum atomic E-state index is 0.614. The molecule has 1 aromatic carbocycles. The fourth-order valence-electron chi connectivity index (χ4n) is 1.78. The van der Waals surface area contributed by atoms with Gasteiger partial charge in [-0.05, 0) is 29.3 Å². The van der Waals surface area contributed by atoms with Gasteiger partial charge in [0.1, 0.15) is 0 Å². The van der Waals surface area contributed by atoms with Crippen LogP contribution in [0.15, 0.2) is 42.7 Å². The first-order valence-corrected chi connectivity index (χ1v) is 6.39. The predicted molar refractivity (Wildman–Crippen MR) is 76.1 cm³/mol. The Morgan fingerprint density at radius 1 is 1.16 bits per heavy atom. The van der Waals surface area contributed by atoms with E-state index >= 15 is 0 Å². The van der Waals surface area contributed by atoms with Crippen LogP contribution >= 0.6 is 0 Å². The fourth-order valence-corrected chi connectivity index (χ4v) is 1.78. The monoisotopic (exact) mass is 260 g/mol. The predicted octanol–water partition coefficient (Wildman–Crippen LogP) is 2.79. The second-order valence-corrected chi connectivity index (χ2v) is 4.32. The van der Waals surface area contributed by atoms with Crippen LogP contribution in [0.5, 0.6) is 0 Å². The quantitative estimate of drug-likeness (QED) is 0.717. The van der Waals surface area contributed by atoms with Crippen molar-refractivity contribution in [2.24, 2.45) is 0 Å². The van der Waals surface area contributed by atoms with Crippen LogP contribution < -0.4 is 5.32 Å². The van der Waals surface area contributed by atoms with Gasteiger partial charge in [0.25, 0.3) is 0 Å². The van der Waals surface area contributed by atoms with Gasteiger partial charge in [-0.25, -0.2) is 0 Å². The number of benzene rings is 1. The first-order valence-electron chi connectivity index (χ1n) is 6.39. The molecule has 0 radical (unpaired) electrons. The van der Waals surface area contributed by atoms with Gasteiger partial charge >= 0.3 is 0 Å². The molecule has 4 heteroatoms. The molecule has 0 saturated heterocycles. The van der Waals surface area contributed by atoms with Gasteiger partial charge in [-0.2, -0.15) is 0 Å². The van der Waals surface area contributed by atoms with Crippen molar-refractivity contribution in [2.45, 2.75) is 13.2 Å². The SMILES string of the molecule is COCCOCc1cccc(NCc2cc[nH]c2)c1. The van der Waals surface area contributed by atoms with E-state index in [0.29, 0.717) is 19.8 Å². The third-order valence-electron chi connectivity index (χ3n) is 2.79. The molecule has 2 aromatic rings. The molecule has 0 aliphatic rings. The maximum Gasteiger partial charge on any atom is 0.0718 e. The number of ether oxygens (including phenoxy) is 2. The van der Waals surface area contributed by atoms with Gasteiger partial charge in [-0.1, -0.05) is 12.1 Å². The van der Waals surface area contributed by atoms with Crippen LogP contribution in [0.3, 0.4) is 0 Å². The lowest BCUT2D eigenvalue weighted by Crippen LogP contribution is -2.02. The van der Waals surface area contributed by atoms with Crippen molar-refractivity contribution in [1.82, 2.24) is 4.98 Å². The minimum Gasteiger partial charge on any atom is -0.382 e. The molecule has 0 fully saturated rings. The number of aromatic nitrogens is 1. The summed E-state index contributed by atoms with van der Waals surface area (Å²) in [5.74, 6) is 0. The number of rotatable bonds is 8. The zero-order valence-electron chi connectivity index (χ0n) is 11.2. The minimum absolute atomic E-state index is 0.614. The van der Waals surface area contributed by atoms with Crippen LogP contribution in [0.4, 0.5) is 5.69 Å². The summed E-state index contributed by atoms with van der Waals surface area (Å²) in [4.78, 5) is 3.05. The summed E-state index contributed by atoms with van der Waals surface area (Å²) in [5.41, 5.74) is 3.51. The third kappa shape index (κ3) is 4.77. The summed E-state index contributed by atoms with van der Waals surface area (Å²) in [6, 6.07) is 10.3. The molecule has 0 atom stereocenters. The van der Waals surface area contributed by atoms with E-state index in [0.717, 1.165) is 17.8 Å². The lowest BCUT2D eigenvalue weighted by Gasteiger charge is -2.08. The van der Waals surface area contributed by atoms with E-state index in [1.54, 1.807) is 7.11 Å². The molecule has 0 spiro atoms. The Morgan fingerprint density at radius 2 is 2.11 bits per heavy atom. The third-order valence-corrected chi connectivity index (χ3v) is 2.79. The van der Waals surface area contributed by atoms with Crippen LogP contribution in [-0.4, -0.2) is 25.3 Å². The number of aromatic amines is 1. The fraction of sp³-hybridized carbons (Fsp3) is 0.333. The first kappa shape index (κ1) is 13.6. The van der Waals surface area contributed by atoms with Crippen LogP contribution in [0, 0.1) is 0 Å². The largest absolute Gasteiger partial charge is 0.382 e. The molecule has 0 bridgehead atoms. The van der Waals surface area contributed by atoms with Crippen molar-refractivity contribution in [3.63, 3.8) is 0 Å². The lowest BCUT2D eigenvalue weighted by atomic mass is 10.2. The zero-order valence-corrected chi connectivity index (χ0v) is 11.2. The molecule has 0 aliphatic heterocycles. The molecule has 1 heterocycles. The molecular weight excluding hydrogens is 240 g/mol. The van der Waals surface area contributed by atoms with Crippen molar-refractivity contribution in [1.29, 1.82) is 0 Å². The summed E-state index contributed by atoms with van der Waals surface area (Å²) < 4.78 is 10.5. The topological polar surface area (TPSA) is 46.3 Å². The van der Waals surface area contributed by atoms with Gasteiger partial charge in [-0.3, -0.25) is 0 Å². The van der Waals surface area contributed by atoms with Crippen LogP contribution in [0.1, 0.15) is 11.1 Å². The van der Waals surface area contributed by atoms with Crippen LogP contribution in [0.2, 0.25) is 0 Å². The van der Waals surface area contributed by atoms with Crippen molar-refractivity contribution < 1.29 is 9.47 Å². The molecule has 0 unspecified atom stereocenters. The van der Waals surface area contributed by atoms with E-state index in [1.165, 1.54) is 5.56 Å². The van der Waals surface area contributed by atoms with Gasteiger partial charge in [0.15, 0.2) is 0 Å². The summed E-state index contributed by atoms with van der Waals surface area (Å²) in [6.07, 6.45) is 3.92. The Hall–Kier alpha value is -1.78. The van der Waals surface area contributed by atoms with Crippen molar-refractivity contribution in [3.05, 3.63) is 53.9 Å². The number of nitrogens with one attached hydrogen (secondary N) is 2. The number of anilines is 1. The van der Waals surface area contributed by atoms with E-state index in [4.69, 9.17) is 9.47 Å². The normalized spacial score (nSPS) is 10.6. The molecule has 102 valence electrons. The molecule has 0 amide bonds. The molecule has 19 heavy (non-hydrogen) atoms. The number of methoxy groups -OCH3 is 1. The van der Waals surface area contributed by atoms with E-state index in [1.807, 2.05) is 18.5 Å². The Morgan fingerprint density at radius 3 is 2.89 bits per heavy atom. The Bertz CT molecular complexity index is 469. The molecular formula is C15H20N2O2. The second kappa shape index (κ2) is 7.61. The van der Waals surface area contributed by atoms with Crippen molar-refractivity contribution in [3.8, 4) is 0 Å². The Labute approximate surface area is 113 Å². The van der Waals surface area contributed by atoms with Gasteiger partial charge < -0.3 is 19.8 Å². The van der Waals surface area contributed by atoms with Crippen LogP contribution in [-0.2, 0) is 22.6 Å². The number of H-pyrrole nitrogens is 1. The molecule has 0 saturated carbocycles. The standard InChI is InChI=1S/C15H20N2O2/c1-18-7-8-19-12-13-3-2-4-15(9-13)17-11-14-5-6-16-10-14/h2-6,9-10,16-17H,7-8,11-12H2,1H3. The highest BCUT2D eigenvalue weighted by atomic mass is 16.5. The maximum absolute atomic E-state index is 5.51. The van der Waals surface area contributed by atoms with Crippen LogP contribution in [0.25, 0.3) is 0 Å². The molecule has 4 nitrogen and oxygen atoms in total. The Balaban J connectivity index is 1.81. The summed E-state index contributed by atoms with van der Waals surface area (Å²) in [7, 11) is 1.68. The van der Waals surface area contributed by atoms with Gasteiger partial charge in [0.05, 0.1) is 19.8 Å². The van der Waals surface area contributed by atoms with E-state index in [9.17, 15) is 0 Å². The molecule has 1 aromatic heterocycles. The highest BCUT2D eigenvalue weighted by Gasteiger charge is 1.97. The van der Waals surface area contributed by atoms with Gasteiger partial charge in [-0.15, -0.1) is 0 Å². The lowest BCUT2D eigenvalue weighted by molar-refractivity contribution is 0.0617. The van der Waals surface area contributed by atoms with Crippen molar-refractivity contribution >= 4 is 5.69 Å². The number of hydrogen-bond acceptors (Lipinski definition) is 3. The van der Waals surface area contributed by atoms with Gasteiger partial charge in [0.2, 0.25) is 0 Å². The number of hydrogen-bond donors (Lipinski definition) is 2. The zero-order chi connectivity index (χ0) is 13.3. The van der Waals surface area contributed by atoms with E-state index in [2.05, 4.69) is 34.6 Å². The molecule has 2 rings (SSSR count). The summed E-state index contributed by atoms with van der Waals surface area (Å²) in [5, 5.41) is 3.39. The van der Waals surface area contributed by atoms with E-state index < -0.39 is 0 Å². The Kier molecular flexibility index (Phi) is 5.47. The van der Waals surface area contributed by atoms with E-state index in [-0.39, 0.29) is 0 Å². The highest BCUT2D eigenvalue weighted by Crippen LogP contribution is 2.13. The van der Waals surface area contributed by atoms with Gasteiger partial charge in [0, 0.05) is 31.7 Å². The average molecular weight is 260 g/mol. The highest BCUT2D eigenvalue weighted by molar-refractivity contribution is 5.46. The molecule has 0 aliphatic carbocycles. The summed E-state index contributed by atoms with van der Waals surface area (Å²) in [6.45, 7) is 2.68. The van der Waals surface area contributed by atoms with Crippen molar-refractivity contribution in [2.75, 3.05) is 25.6 Å². The first-order chi connectivity index (χ1) is 9.38. The average Bonchev–Trinajstić information content (AvgIpc) is 2.95. The smallest absolute Gasteiger partial charge is 0.0718 e. The molecule has 2 N–H and O–H groups in total. The second-order valence-electron chi connectivity index (χ2n) is 4.32. The maximum atomic E-state index is 5.51.